The van der Waals surface area contributed by atoms with Crippen molar-refractivity contribution in [1.29, 1.82) is 0 Å². The number of piperazine rings is 1. The lowest BCUT2D eigenvalue weighted by atomic mass is 9.93. The number of β-amino-alcohol motifs (C(OH)–C–C–N with tert-alkyl or cyclic N) is 1. The van der Waals surface area contributed by atoms with Crippen molar-refractivity contribution in [3.63, 3.8) is 0 Å². The zero-order valence-electron chi connectivity index (χ0n) is 29.0. The van der Waals surface area contributed by atoms with Gasteiger partial charge in [0.2, 0.25) is 12.3 Å². The normalized spacial score (nSPS) is 14.8. The van der Waals surface area contributed by atoms with Gasteiger partial charge in [-0.25, -0.2) is 0 Å². The highest BCUT2D eigenvalue weighted by Crippen LogP contribution is 2.20. The summed E-state index contributed by atoms with van der Waals surface area (Å²) >= 11 is 0. The van der Waals surface area contributed by atoms with Crippen LogP contribution < -0.4 is 11.5 Å². The number of nitrogens with zero attached hydrogens (tertiary/aromatic N) is 3. The van der Waals surface area contributed by atoms with Crippen molar-refractivity contribution in [3.8, 4) is 0 Å². The molecule has 2 atom stereocenters. The van der Waals surface area contributed by atoms with Gasteiger partial charge in [0, 0.05) is 57.6 Å². The largest absolute Gasteiger partial charge is 0.392 e. The standard InChI is InChI=1S/C22H30N4O2.C9H10.C4H10.C3H6.CH3NO/c23-22(28)20(13-18-5-2-1-3-6-18)14-21(27)17-26-11-9-25(10-12-26)16-19-7-4-8-24-15-19;1-2-5-9-7-3-6-8(9)4-1;1-3-4-2;1-3-2;2-1-3/h1-8,15,20-21,27H,9-14,16-17H2,(H2,23,28);1-2,4-5H,3,6-7H2;3-4H2,1-2H3;3H,1H2,2H3;1H,(H2,2,3)/t20-,21?;;;;/m1..../s1. The van der Waals surface area contributed by atoms with Crippen LogP contribution in [0.25, 0.3) is 0 Å². The van der Waals surface area contributed by atoms with E-state index in [-0.39, 0.29) is 18.2 Å². The number of fused-ring (bicyclic) bond motifs is 1. The lowest BCUT2D eigenvalue weighted by Gasteiger charge is -2.35. The Morgan fingerprint density at radius 3 is 1.91 bits per heavy atom. The summed E-state index contributed by atoms with van der Waals surface area (Å²) in [6.07, 6.45) is 12.7. The van der Waals surface area contributed by atoms with Crippen molar-refractivity contribution in [2.75, 3.05) is 32.7 Å². The van der Waals surface area contributed by atoms with Crippen LogP contribution in [0.4, 0.5) is 0 Å². The summed E-state index contributed by atoms with van der Waals surface area (Å²) in [5.74, 6) is -0.687. The average Bonchev–Trinajstić information content (AvgIpc) is 3.57. The second-order valence-electron chi connectivity index (χ2n) is 11.8. The van der Waals surface area contributed by atoms with Gasteiger partial charge in [-0.05, 0) is 67.3 Å². The molecular weight excluding hydrogens is 586 g/mol. The first-order valence-electron chi connectivity index (χ1n) is 17.0. The first-order chi connectivity index (χ1) is 22.8. The summed E-state index contributed by atoms with van der Waals surface area (Å²) in [7, 11) is 0. The Kier molecular flexibility index (Phi) is 23.0. The van der Waals surface area contributed by atoms with Crippen molar-refractivity contribution in [3.05, 3.63) is 114 Å². The van der Waals surface area contributed by atoms with Crippen molar-refractivity contribution in [2.45, 2.75) is 78.4 Å². The van der Waals surface area contributed by atoms with Crippen LogP contribution in [0.1, 0.15) is 68.7 Å². The van der Waals surface area contributed by atoms with Gasteiger partial charge in [0.05, 0.1) is 6.10 Å². The van der Waals surface area contributed by atoms with Gasteiger partial charge in [-0.3, -0.25) is 24.4 Å². The Balaban J connectivity index is 0.000000471. The first-order valence-corrected chi connectivity index (χ1v) is 17.0. The lowest BCUT2D eigenvalue weighted by Crippen LogP contribution is -2.48. The third kappa shape index (κ3) is 18.8. The van der Waals surface area contributed by atoms with Gasteiger partial charge in [0.1, 0.15) is 0 Å². The number of aryl methyl sites for hydroxylation is 2. The summed E-state index contributed by atoms with van der Waals surface area (Å²) in [6, 6.07) is 22.6. The fourth-order valence-electron chi connectivity index (χ4n) is 5.29. The molecule has 0 bridgehead atoms. The number of allylic oxidation sites excluding steroid dienone is 1. The Bertz CT molecular complexity index is 1190. The molecule has 2 heterocycles. The lowest BCUT2D eigenvalue weighted by molar-refractivity contribution is -0.123. The maximum atomic E-state index is 11.8. The second-order valence-corrected chi connectivity index (χ2v) is 11.8. The number of aliphatic hydroxyl groups is 1. The number of pyridine rings is 1. The van der Waals surface area contributed by atoms with Crippen molar-refractivity contribution < 1.29 is 14.7 Å². The number of carbonyl (C=O) groups excluding carboxylic acids is 2. The topological polar surface area (TPSA) is 126 Å². The number of aromatic nitrogens is 1. The molecule has 258 valence electrons. The summed E-state index contributed by atoms with van der Waals surface area (Å²) in [4.78, 5) is 29.3. The predicted octanol–water partition coefficient (Wildman–Crippen LogP) is 5.57. The van der Waals surface area contributed by atoms with Crippen LogP contribution in [0.3, 0.4) is 0 Å². The molecular formula is C39H59N5O3. The Hall–Kier alpha value is -3.85. The number of unbranched alkanes of at least 4 members (excludes halogenated alkanes) is 1. The number of amides is 2. The number of aliphatic hydroxyl groups excluding tert-OH is 1. The van der Waals surface area contributed by atoms with E-state index in [4.69, 9.17) is 10.5 Å². The molecule has 1 unspecified atom stereocenters. The van der Waals surface area contributed by atoms with E-state index in [1.807, 2.05) is 49.5 Å². The minimum atomic E-state index is -0.550. The third-order valence-electron chi connectivity index (χ3n) is 7.86. The molecule has 2 amide bonds. The molecule has 0 saturated carbocycles. The van der Waals surface area contributed by atoms with Crippen LogP contribution in [-0.4, -0.2) is 71.0 Å². The molecule has 2 aromatic carbocycles. The molecule has 1 aliphatic carbocycles. The van der Waals surface area contributed by atoms with Crippen LogP contribution >= 0.6 is 0 Å². The van der Waals surface area contributed by atoms with E-state index >= 15 is 0 Å². The number of carbonyl (C=O) groups is 2. The van der Waals surface area contributed by atoms with Gasteiger partial charge < -0.3 is 16.6 Å². The second kappa shape index (κ2) is 26.2. The molecule has 1 aliphatic heterocycles. The van der Waals surface area contributed by atoms with Crippen LogP contribution in [0.15, 0.2) is 91.8 Å². The Morgan fingerprint density at radius 2 is 1.43 bits per heavy atom. The minimum absolute atomic E-state index is 0.250. The van der Waals surface area contributed by atoms with Gasteiger partial charge >= 0.3 is 0 Å². The monoisotopic (exact) mass is 645 g/mol. The molecule has 1 saturated heterocycles. The number of hydrogen-bond acceptors (Lipinski definition) is 6. The minimum Gasteiger partial charge on any atom is -0.392 e. The average molecular weight is 646 g/mol. The Labute approximate surface area is 283 Å². The zero-order valence-corrected chi connectivity index (χ0v) is 29.0. The van der Waals surface area contributed by atoms with Gasteiger partial charge in [0.25, 0.3) is 0 Å². The summed E-state index contributed by atoms with van der Waals surface area (Å²) in [5, 5.41) is 10.5. The van der Waals surface area contributed by atoms with Crippen molar-refractivity contribution >= 4 is 12.3 Å². The maximum Gasteiger partial charge on any atom is 0.220 e. The molecule has 1 fully saturated rings. The molecule has 47 heavy (non-hydrogen) atoms. The number of nitrogens with two attached hydrogens (primary N) is 2. The van der Waals surface area contributed by atoms with Gasteiger partial charge in [0.15, 0.2) is 0 Å². The molecule has 5 N–H and O–H groups in total. The fourth-order valence-corrected chi connectivity index (χ4v) is 5.29. The van der Waals surface area contributed by atoms with Crippen molar-refractivity contribution in [1.82, 2.24) is 14.8 Å². The van der Waals surface area contributed by atoms with Crippen molar-refractivity contribution in [2.24, 2.45) is 17.4 Å². The van der Waals surface area contributed by atoms with E-state index in [9.17, 15) is 9.90 Å². The summed E-state index contributed by atoms with van der Waals surface area (Å²) < 4.78 is 0. The van der Waals surface area contributed by atoms with E-state index in [0.717, 1.165) is 38.3 Å². The SMILES string of the molecule is C=CC.CCCC.NC(=O)[C@H](Cc1ccccc1)CC(O)CN1CCN(Cc2cccnc2)CC1.NC=O.c1ccc2c(c1)CCC2. The van der Waals surface area contributed by atoms with Crippen LogP contribution in [0.2, 0.25) is 0 Å². The highest BCUT2D eigenvalue weighted by Gasteiger charge is 2.24. The summed E-state index contributed by atoms with van der Waals surface area (Å²) in [6.45, 7) is 14.9. The predicted molar refractivity (Wildman–Crippen MR) is 195 cm³/mol. The molecule has 8 heteroatoms. The van der Waals surface area contributed by atoms with Crippen LogP contribution in [-0.2, 0) is 35.4 Å². The number of hydrogen-bond donors (Lipinski definition) is 3. The van der Waals surface area contributed by atoms with Gasteiger partial charge in [-0.1, -0.05) is 93.4 Å². The third-order valence-corrected chi connectivity index (χ3v) is 7.86. The van der Waals surface area contributed by atoms with E-state index in [0.29, 0.717) is 19.4 Å². The molecule has 5 rings (SSSR count). The van der Waals surface area contributed by atoms with Gasteiger partial charge in [-0.15, -0.1) is 6.58 Å². The Morgan fingerprint density at radius 1 is 0.915 bits per heavy atom. The summed E-state index contributed by atoms with van der Waals surface area (Å²) in [5.41, 5.74) is 15.2. The van der Waals surface area contributed by atoms with Crippen LogP contribution in [0, 0.1) is 5.92 Å². The van der Waals surface area contributed by atoms with E-state index in [2.05, 4.69) is 71.3 Å². The highest BCUT2D eigenvalue weighted by atomic mass is 16.3. The number of rotatable bonds is 10. The van der Waals surface area contributed by atoms with Gasteiger partial charge in [-0.2, -0.15) is 0 Å². The fraction of sp³-hybridized carbons (Fsp3) is 0.462. The molecule has 8 nitrogen and oxygen atoms in total. The number of primary amides is 2. The molecule has 0 spiro atoms. The van der Waals surface area contributed by atoms with Crippen LogP contribution in [0.5, 0.6) is 0 Å². The zero-order chi connectivity index (χ0) is 34.7. The smallest absolute Gasteiger partial charge is 0.220 e. The van der Waals surface area contributed by atoms with E-state index < -0.39 is 6.10 Å². The molecule has 3 aromatic rings. The quantitative estimate of drug-likeness (QED) is 0.196. The van der Waals surface area contributed by atoms with E-state index in [1.165, 1.54) is 37.7 Å². The first kappa shape index (κ1) is 41.2. The molecule has 0 radical (unpaired) electrons. The number of benzene rings is 2. The highest BCUT2D eigenvalue weighted by molar-refractivity contribution is 5.77. The molecule has 1 aromatic heterocycles. The molecule has 2 aliphatic rings. The van der Waals surface area contributed by atoms with E-state index in [1.54, 1.807) is 23.4 Å². The maximum absolute atomic E-state index is 11.8.